The average molecular weight is 1170 g/mol. The zero-order valence-corrected chi connectivity index (χ0v) is 50.9. The van der Waals surface area contributed by atoms with Gasteiger partial charge in [0.1, 0.15) is 12.1 Å². The number of nitrogens with one attached hydrogen (secondary N) is 6. The van der Waals surface area contributed by atoms with Gasteiger partial charge in [0.25, 0.3) is 0 Å². The number of hydrogen-bond acceptors (Lipinski definition) is 12. The van der Waals surface area contributed by atoms with Crippen LogP contribution in [0.2, 0.25) is 0 Å². The molecule has 0 radical (unpaired) electrons. The molecule has 6 atom stereocenters. The van der Waals surface area contributed by atoms with Crippen molar-refractivity contribution in [3.05, 3.63) is 108 Å². The van der Waals surface area contributed by atoms with E-state index in [1.54, 1.807) is 47.5 Å². The summed E-state index contributed by atoms with van der Waals surface area (Å²) in [5, 5.41) is 12.5. The van der Waals surface area contributed by atoms with Gasteiger partial charge in [0.15, 0.2) is 0 Å². The summed E-state index contributed by atoms with van der Waals surface area (Å²) < 4.78 is 60.5. The molecule has 4 aromatic rings. The molecule has 6 amide bonds. The van der Waals surface area contributed by atoms with Gasteiger partial charge >= 0.3 is 0 Å². The molecular weight excluding hydrogens is 1080 g/mol. The lowest BCUT2D eigenvalue weighted by Crippen LogP contribution is -2.59. The Morgan fingerprint density at radius 2 is 0.902 bits per heavy atom. The van der Waals surface area contributed by atoms with Gasteiger partial charge < -0.3 is 40.9 Å². The Hall–Kier alpha value is -6.30. The summed E-state index contributed by atoms with van der Waals surface area (Å²) in [6.45, 7) is 15.3. The number of carbonyl (C=O) groups excluding carboxylic acids is 6. The lowest BCUT2D eigenvalue weighted by molar-refractivity contribution is -0.142. The first-order valence-corrected chi connectivity index (χ1v) is 31.3. The maximum Gasteiger partial charge on any atom is 0.246 e. The second-order valence-electron chi connectivity index (χ2n) is 23.8. The summed E-state index contributed by atoms with van der Waals surface area (Å²) in [5.41, 5.74) is 0.693. The number of nitrogens with zero attached hydrogens (tertiary/aromatic N) is 4. The number of carbonyl (C=O) groups is 6. The highest BCUT2D eigenvalue weighted by atomic mass is 32.2. The first-order valence-electron chi connectivity index (χ1n) is 28.4. The van der Waals surface area contributed by atoms with Crippen molar-refractivity contribution in [1.29, 1.82) is 0 Å². The van der Waals surface area contributed by atoms with Crippen molar-refractivity contribution in [1.82, 2.24) is 50.3 Å². The Labute approximate surface area is 485 Å². The van der Waals surface area contributed by atoms with Crippen LogP contribution in [0.3, 0.4) is 0 Å². The topological polar surface area (TPSA) is 256 Å². The second kappa shape index (κ2) is 28.3. The molecule has 0 bridgehead atoms. The first kappa shape index (κ1) is 64.9. The number of likely N-dealkylation sites (N-methyl/N-ethyl adjacent to an activating group) is 2. The van der Waals surface area contributed by atoms with Gasteiger partial charge in [-0.05, 0) is 123 Å². The fourth-order valence-electron chi connectivity index (χ4n) is 10.3. The third-order valence-electron chi connectivity index (χ3n) is 15.6. The van der Waals surface area contributed by atoms with Crippen LogP contribution in [0.25, 0.3) is 10.8 Å². The monoisotopic (exact) mass is 1170 g/mol. The molecule has 20 nitrogen and oxygen atoms in total. The highest BCUT2D eigenvalue weighted by molar-refractivity contribution is 7.89. The van der Waals surface area contributed by atoms with Gasteiger partial charge in [0.2, 0.25) is 55.5 Å². The van der Waals surface area contributed by atoms with Crippen molar-refractivity contribution in [2.45, 2.75) is 140 Å². The summed E-state index contributed by atoms with van der Waals surface area (Å²) in [6, 6.07) is 24.0. The SMILES string of the molecule is CN[C@@H](C)C(=O)N[C@H](C(=O)N1CCC[C@H]1CN(CCc1ccccc1)C(=O)CNS(=O)(=O)c1ccc2cc(S(=O)(=O)NCC(=O)N(CCc3ccccc3)C[C@@H]3CCCN3C(=O)[C@@H](NC(=O)[C@H](C)NC)C(C)(C)C)ccc2c1)C(C)(C)C. The van der Waals surface area contributed by atoms with Gasteiger partial charge in [-0.15, -0.1) is 0 Å². The average Bonchev–Trinajstić information content (AvgIpc) is 4.28. The van der Waals surface area contributed by atoms with Gasteiger partial charge in [0.05, 0.1) is 35.0 Å². The molecule has 6 rings (SSSR count). The smallest absolute Gasteiger partial charge is 0.246 e. The van der Waals surface area contributed by atoms with Crippen molar-refractivity contribution >= 4 is 66.3 Å². The summed E-state index contributed by atoms with van der Waals surface area (Å²) in [5.74, 6) is -2.11. The van der Waals surface area contributed by atoms with Crippen LogP contribution in [-0.4, -0.2) is 175 Å². The molecule has 4 aromatic carbocycles. The molecule has 2 fully saturated rings. The van der Waals surface area contributed by atoms with Gasteiger partial charge in [-0.1, -0.05) is 114 Å². The first-order chi connectivity index (χ1) is 38.6. The Kier molecular flexibility index (Phi) is 22.4. The van der Waals surface area contributed by atoms with Gasteiger partial charge in [-0.25, -0.2) is 26.3 Å². The third kappa shape index (κ3) is 17.4. The van der Waals surface area contributed by atoms with Crippen molar-refractivity contribution in [2.24, 2.45) is 10.8 Å². The molecule has 448 valence electrons. The van der Waals surface area contributed by atoms with E-state index < -0.39 is 79.9 Å². The van der Waals surface area contributed by atoms with E-state index in [1.807, 2.05) is 102 Å². The van der Waals surface area contributed by atoms with E-state index in [2.05, 4.69) is 30.7 Å². The van der Waals surface area contributed by atoms with Crippen LogP contribution in [0.5, 0.6) is 0 Å². The lowest BCUT2D eigenvalue weighted by Gasteiger charge is -2.37. The fraction of sp³-hybridized carbons (Fsp3) is 0.533. The van der Waals surface area contributed by atoms with Gasteiger partial charge in [-0.2, -0.15) is 0 Å². The molecule has 82 heavy (non-hydrogen) atoms. The fourth-order valence-corrected chi connectivity index (χ4v) is 12.3. The van der Waals surface area contributed by atoms with E-state index in [0.29, 0.717) is 62.4 Å². The van der Waals surface area contributed by atoms with E-state index in [1.165, 1.54) is 36.4 Å². The van der Waals surface area contributed by atoms with E-state index in [-0.39, 0.29) is 71.7 Å². The highest BCUT2D eigenvalue weighted by Gasteiger charge is 2.43. The molecule has 22 heteroatoms. The molecule has 2 saturated heterocycles. The predicted octanol–water partition coefficient (Wildman–Crippen LogP) is 3.80. The Bertz CT molecular complexity index is 2890. The number of hydrogen-bond donors (Lipinski definition) is 6. The quantitative estimate of drug-likeness (QED) is 0.0525. The van der Waals surface area contributed by atoms with Crippen molar-refractivity contribution in [3.63, 3.8) is 0 Å². The molecule has 0 aliphatic carbocycles. The summed E-state index contributed by atoms with van der Waals surface area (Å²) in [7, 11) is -5.25. The number of fused-ring (bicyclic) bond motifs is 1. The molecule has 2 aliphatic rings. The van der Waals surface area contributed by atoms with Crippen LogP contribution in [-0.2, 0) is 61.7 Å². The van der Waals surface area contributed by atoms with E-state index in [0.717, 1.165) is 11.1 Å². The molecule has 0 spiro atoms. The molecule has 0 saturated carbocycles. The lowest BCUT2D eigenvalue weighted by atomic mass is 9.85. The maximum absolute atomic E-state index is 14.3. The van der Waals surface area contributed by atoms with Gasteiger partial charge in [0, 0.05) is 51.4 Å². The minimum atomic E-state index is -4.29. The van der Waals surface area contributed by atoms with Crippen LogP contribution in [0.15, 0.2) is 107 Å². The maximum atomic E-state index is 14.3. The van der Waals surface area contributed by atoms with Crippen molar-refractivity contribution in [2.75, 3.05) is 66.5 Å². The number of sulfonamides is 2. The molecule has 2 aliphatic heterocycles. The minimum Gasteiger partial charge on any atom is -0.342 e. The Balaban J connectivity index is 1.13. The summed E-state index contributed by atoms with van der Waals surface area (Å²) in [4.78, 5) is 89.2. The van der Waals surface area contributed by atoms with Crippen molar-refractivity contribution < 1.29 is 45.6 Å². The van der Waals surface area contributed by atoms with Crippen LogP contribution in [0, 0.1) is 10.8 Å². The number of amides is 6. The van der Waals surface area contributed by atoms with Crippen LogP contribution in [0.1, 0.15) is 92.2 Å². The molecular formula is C60H86N10O10S2. The largest absolute Gasteiger partial charge is 0.342 e. The Morgan fingerprint density at radius 3 is 1.23 bits per heavy atom. The third-order valence-corrected chi connectivity index (χ3v) is 18.4. The second-order valence-corrected chi connectivity index (χ2v) is 27.3. The molecule has 0 unspecified atom stereocenters. The van der Waals surface area contributed by atoms with E-state index in [4.69, 9.17) is 0 Å². The van der Waals surface area contributed by atoms with Crippen LogP contribution in [0.4, 0.5) is 0 Å². The van der Waals surface area contributed by atoms with E-state index >= 15 is 0 Å². The van der Waals surface area contributed by atoms with Crippen LogP contribution >= 0.6 is 0 Å². The minimum absolute atomic E-state index is 0.146. The molecule has 0 aromatic heterocycles. The highest BCUT2D eigenvalue weighted by Crippen LogP contribution is 2.29. The predicted molar refractivity (Wildman–Crippen MR) is 317 cm³/mol. The van der Waals surface area contributed by atoms with E-state index in [9.17, 15) is 45.6 Å². The normalized spacial score (nSPS) is 17.4. The van der Waals surface area contributed by atoms with Gasteiger partial charge in [-0.3, -0.25) is 28.8 Å². The molecule has 2 heterocycles. The van der Waals surface area contributed by atoms with Crippen molar-refractivity contribution in [3.8, 4) is 0 Å². The molecule has 6 N–H and O–H groups in total. The zero-order chi connectivity index (χ0) is 60.2. The standard InChI is InChI=1S/C60H86N10O10S2/c1-41(61-9)55(73)65-53(59(3,4)5)57(75)69-31-17-23-47(69)39-67(33-29-43-19-13-11-14-20-43)51(71)37-63-81(77,78)49-27-25-46-36-50(28-26-45(46)35-49)82(79,80)64-38-52(72)68(34-30-44-21-15-12-16-22-44)40-48-24-18-32-70(48)58(76)54(60(6,7)8)66-56(74)42(2)62-10/h11-16,19-22,25-28,35-36,41-42,47-48,53-54,61-64H,17-18,23-24,29-34,37-40H2,1-10H3,(H,65,73)(H,66,74)/t41-,42-,47-,48-,53+,54+/m0/s1. The number of likely N-dealkylation sites (tertiary alicyclic amines) is 2. The Morgan fingerprint density at radius 1 is 0.549 bits per heavy atom. The number of benzene rings is 4. The number of rotatable bonds is 26. The summed E-state index contributed by atoms with van der Waals surface area (Å²) >= 11 is 0. The van der Waals surface area contributed by atoms with Crippen LogP contribution < -0.4 is 30.7 Å². The zero-order valence-electron chi connectivity index (χ0n) is 49.3. The summed E-state index contributed by atoms with van der Waals surface area (Å²) in [6.07, 6.45) is 3.55.